The van der Waals surface area contributed by atoms with Gasteiger partial charge in [0.05, 0.1) is 23.0 Å². The minimum Gasteiger partial charge on any atom is -0.348 e. The molecule has 2 atom stereocenters. The number of nitrogens with zero attached hydrogens (tertiary/aromatic N) is 1. The molecule has 0 saturated carbocycles. The van der Waals surface area contributed by atoms with Gasteiger partial charge in [0.1, 0.15) is 5.82 Å². The molecule has 2 aromatic rings. The summed E-state index contributed by atoms with van der Waals surface area (Å²) in [5, 5.41) is 6.00. The molecule has 1 unspecified atom stereocenters. The Kier molecular flexibility index (Phi) is 7.99. The summed E-state index contributed by atoms with van der Waals surface area (Å²) >= 11 is 0. The number of benzene rings is 2. The van der Waals surface area contributed by atoms with Gasteiger partial charge in [0.25, 0.3) is 0 Å². The average Bonchev–Trinajstić information content (AvgIpc) is 3.30. The number of carbonyl (C=O) groups is 1. The molecule has 0 aliphatic carbocycles. The van der Waals surface area contributed by atoms with Crippen molar-refractivity contribution in [3.8, 4) is 0 Å². The van der Waals surface area contributed by atoms with Crippen LogP contribution in [0, 0.1) is 11.7 Å². The predicted octanol–water partition coefficient (Wildman–Crippen LogP) is 3.71. The molecule has 1 amide bonds. The Hall–Kier alpha value is -2.50. The monoisotopic (exact) mass is 501 g/mol. The van der Waals surface area contributed by atoms with Crippen molar-refractivity contribution in [1.29, 1.82) is 0 Å². The molecule has 34 heavy (non-hydrogen) atoms. The fourth-order valence-electron chi connectivity index (χ4n) is 3.96. The Balaban J connectivity index is 1.82. The van der Waals surface area contributed by atoms with Crippen LogP contribution in [0.3, 0.4) is 0 Å². The lowest BCUT2D eigenvalue weighted by Gasteiger charge is -2.29. The van der Waals surface area contributed by atoms with Crippen LogP contribution < -0.4 is 10.6 Å². The van der Waals surface area contributed by atoms with E-state index < -0.39 is 52.1 Å². The van der Waals surface area contributed by atoms with E-state index in [4.69, 9.17) is 0 Å². The summed E-state index contributed by atoms with van der Waals surface area (Å²) in [4.78, 5) is 12.8. The summed E-state index contributed by atoms with van der Waals surface area (Å²) in [7, 11) is -4.09. The van der Waals surface area contributed by atoms with Crippen LogP contribution in [-0.4, -0.2) is 44.3 Å². The third-order valence-corrected chi connectivity index (χ3v) is 7.82. The van der Waals surface area contributed by atoms with E-state index in [1.807, 2.05) is 0 Å². The molecule has 2 aromatic carbocycles. The standard InChI is InChI=1S/C23H27F4N3O3S/c1-15(2)30(34(32,33)20-9-7-19(24)8-10-20)14-21(31)29-22(17-11-12-28-13-17)16-3-5-18(6-4-16)23(25,26)27/h3-10,15,17,22,28H,11-14H2,1-2H3,(H,29,31)/t17?,22-/m0/s1. The van der Waals surface area contributed by atoms with Gasteiger partial charge >= 0.3 is 6.18 Å². The first kappa shape index (κ1) is 26.1. The van der Waals surface area contributed by atoms with E-state index in [9.17, 15) is 30.8 Å². The molecule has 6 nitrogen and oxygen atoms in total. The second kappa shape index (κ2) is 10.4. The third-order valence-electron chi connectivity index (χ3n) is 5.78. The van der Waals surface area contributed by atoms with Crippen molar-refractivity contribution in [3.63, 3.8) is 0 Å². The summed E-state index contributed by atoms with van der Waals surface area (Å²) in [5.41, 5.74) is -0.283. The number of alkyl halides is 3. The van der Waals surface area contributed by atoms with E-state index in [1.165, 1.54) is 12.1 Å². The van der Waals surface area contributed by atoms with E-state index in [1.54, 1.807) is 13.8 Å². The van der Waals surface area contributed by atoms with E-state index in [0.717, 1.165) is 40.7 Å². The van der Waals surface area contributed by atoms with Crippen LogP contribution in [0.5, 0.6) is 0 Å². The summed E-state index contributed by atoms with van der Waals surface area (Å²) in [6.07, 6.45) is -3.77. The normalized spacial score (nSPS) is 17.8. The van der Waals surface area contributed by atoms with Crippen molar-refractivity contribution >= 4 is 15.9 Å². The molecule has 1 saturated heterocycles. The molecule has 0 spiro atoms. The first-order valence-corrected chi connectivity index (χ1v) is 12.3. The number of halogens is 4. The lowest BCUT2D eigenvalue weighted by molar-refractivity contribution is -0.137. The van der Waals surface area contributed by atoms with E-state index >= 15 is 0 Å². The first-order chi connectivity index (χ1) is 15.9. The number of sulfonamides is 1. The lowest BCUT2D eigenvalue weighted by atomic mass is 9.91. The van der Waals surface area contributed by atoms with Crippen molar-refractivity contribution in [2.45, 2.75) is 43.4 Å². The van der Waals surface area contributed by atoms with Gasteiger partial charge in [0, 0.05) is 12.6 Å². The minimum absolute atomic E-state index is 0.0677. The highest BCUT2D eigenvalue weighted by molar-refractivity contribution is 7.89. The zero-order chi connectivity index (χ0) is 25.1. The maximum absolute atomic E-state index is 13.2. The number of amides is 1. The van der Waals surface area contributed by atoms with Gasteiger partial charge in [-0.3, -0.25) is 4.79 Å². The van der Waals surface area contributed by atoms with Crippen molar-refractivity contribution in [3.05, 3.63) is 65.5 Å². The second-order valence-electron chi connectivity index (χ2n) is 8.52. The van der Waals surface area contributed by atoms with Gasteiger partial charge in [-0.05, 0) is 74.7 Å². The summed E-state index contributed by atoms with van der Waals surface area (Å²) in [6, 6.07) is 7.76. The molecule has 1 heterocycles. The molecular formula is C23H27F4N3O3S. The molecule has 0 radical (unpaired) electrons. The van der Waals surface area contributed by atoms with Crippen LogP contribution in [0.2, 0.25) is 0 Å². The SMILES string of the molecule is CC(C)N(CC(=O)N[C@@H](c1ccc(C(F)(F)F)cc1)C1CCNC1)S(=O)(=O)c1ccc(F)cc1. The maximum atomic E-state index is 13.2. The molecule has 3 rings (SSSR count). The maximum Gasteiger partial charge on any atom is 0.416 e. The van der Waals surface area contributed by atoms with E-state index in [-0.39, 0.29) is 10.8 Å². The zero-order valence-electron chi connectivity index (χ0n) is 18.8. The molecule has 0 bridgehead atoms. The first-order valence-electron chi connectivity index (χ1n) is 10.8. The fraction of sp³-hybridized carbons (Fsp3) is 0.435. The molecule has 2 N–H and O–H groups in total. The number of carbonyl (C=O) groups excluding carboxylic acids is 1. The van der Waals surface area contributed by atoms with Crippen molar-refractivity contribution in [2.75, 3.05) is 19.6 Å². The van der Waals surface area contributed by atoms with Gasteiger partial charge < -0.3 is 10.6 Å². The van der Waals surface area contributed by atoms with Gasteiger partial charge in [-0.1, -0.05) is 12.1 Å². The van der Waals surface area contributed by atoms with Gasteiger partial charge in [0.2, 0.25) is 15.9 Å². The minimum atomic E-state index is -4.47. The van der Waals surface area contributed by atoms with Gasteiger partial charge in [0.15, 0.2) is 0 Å². The van der Waals surface area contributed by atoms with Crippen LogP contribution in [0.25, 0.3) is 0 Å². The van der Waals surface area contributed by atoms with Crippen LogP contribution >= 0.6 is 0 Å². The molecule has 1 aliphatic heterocycles. The third kappa shape index (κ3) is 6.13. The number of hydrogen-bond acceptors (Lipinski definition) is 4. The Morgan fingerprint density at radius 3 is 2.24 bits per heavy atom. The summed E-state index contributed by atoms with van der Waals surface area (Å²) in [5.74, 6) is -1.24. The van der Waals surface area contributed by atoms with Gasteiger partial charge in [-0.2, -0.15) is 17.5 Å². The van der Waals surface area contributed by atoms with Crippen LogP contribution in [0.1, 0.15) is 37.4 Å². The molecular weight excluding hydrogens is 474 g/mol. The average molecular weight is 502 g/mol. The van der Waals surface area contributed by atoms with Crippen LogP contribution in [0.15, 0.2) is 53.4 Å². The largest absolute Gasteiger partial charge is 0.416 e. The van der Waals surface area contributed by atoms with Crippen LogP contribution in [0.4, 0.5) is 17.6 Å². The van der Waals surface area contributed by atoms with Crippen molar-refractivity contribution in [2.24, 2.45) is 5.92 Å². The van der Waals surface area contributed by atoms with E-state index in [2.05, 4.69) is 10.6 Å². The fourth-order valence-corrected chi connectivity index (χ4v) is 5.56. The highest BCUT2D eigenvalue weighted by Gasteiger charge is 2.34. The second-order valence-corrected chi connectivity index (χ2v) is 10.4. The topological polar surface area (TPSA) is 78.5 Å². The van der Waals surface area contributed by atoms with Gasteiger partial charge in [-0.15, -0.1) is 0 Å². The highest BCUT2D eigenvalue weighted by atomic mass is 32.2. The summed E-state index contributed by atoms with van der Waals surface area (Å²) < 4.78 is 79.3. The smallest absolute Gasteiger partial charge is 0.348 e. The highest BCUT2D eigenvalue weighted by Crippen LogP contribution is 2.32. The molecule has 1 aliphatic rings. The molecule has 186 valence electrons. The number of hydrogen-bond donors (Lipinski definition) is 2. The Bertz CT molecular complexity index is 1080. The zero-order valence-corrected chi connectivity index (χ0v) is 19.6. The Labute approximate surface area is 196 Å². The Morgan fingerprint density at radius 2 is 1.74 bits per heavy atom. The quantitative estimate of drug-likeness (QED) is 0.541. The van der Waals surface area contributed by atoms with Crippen molar-refractivity contribution < 1.29 is 30.8 Å². The van der Waals surface area contributed by atoms with Gasteiger partial charge in [-0.25, -0.2) is 12.8 Å². The van der Waals surface area contributed by atoms with E-state index in [0.29, 0.717) is 25.1 Å². The number of nitrogens with one attached hydrogen (secondary N) is 2. The van der Waals surface area contributed by atoms with Crippen LogP contribution in [-0.2, 0) is 21.0 Å². The molecule has 0 aromatic heterocycles. The number of rotatable bonds is 8. The van der Waals surface area contributed by atoms with Crippen molar-refractivity contribution in [1.82, 2.24) is 14.9 Å². The molecule has 1 fully saturated rings. The lowest BCUT2D eigenvalue weighted by Crippen LogP contribution is -2.46. The predicted molar refractivity (Wildman–Crippen MR) is 119 cm³/mol. The summed E-state index contributed by atoms with van der Waals surface area (Å²) in [6.45, 7) is 4.00. The molecule has 11 heteroatoms. The Morgan fingerprint density at radius 1 is 1.12 bits per heavy atom.